The van der Waals surface area contributed by atoms with E-state index in [0.717, 1.165) is 28.1 Å². The minimum absolute atomic E-state index is 0.0295. The van der Waals surface area contributed by atoms with Gasteiger partial charge in [0.15, 0.2) is 18.2 Å². The van der Waals surface area contributed by atoms with Gasteiger partial charge in [0.05, 0.1) is 0 Å². The van der Waals surface area contributed by atoms with Gasteiger partial charge in [-0.1, -0.05) is 75.7 Å². The van der Waals surface area contributed by atoms with Gasteiger partial charge in [-0.15, -0.1) is 0 Å². The van der Waals surface area contributed by atoms with Gasteiger partial charge in [0.2, 0.25) is 0 Å². The van der Waals surface area contributed by atoms with E-state index >= 15 is 0 Å². The normalized spacial score (nSPS) is 19.0. The van der Waals surface area contributed by atoms with Crippen LogP contribution in [0.15, 0.2) is 89.3 Å². The van der Waals surface area contributed by atoms with E-state index < -0.39 is 5.92 Å². The number of aryl methyl sites for hydroxylation is 2. The molecule has 6 rings (SSSR count). The molecule has 7 heteroatoms. The molecule has 1 N–H and O–H groups in total. The zero-order valence-corrected chi connectivity index (χ0v) is 28.9. The monoisotopic (exact) mass is 650 g/mol. The molecule has 3 aromatic rings. The molecule has 244 valence electrons. The molecule has 1 aliphatic heterocycles. The van der Waals surface area contributed by atoms with Gasteiger partial charge < -0.3 is 15.0 Å². The third kappa shape index (κ3) is 6.80. The predicted molar refractivity (Wildman–Crippen MR) is 186 cm³/mol. The van der Waals surface area contributed by atoms with Crippen molar-refractivity contribution in [2.24, 2.45) is 10.8 Å². The van der Waals surface area contributed by atoms with E-state index in [0.29, 0.717) is 65.4 Å². The van der Waals surface area contributed by atoms with Gasteiger partial charge in [0, 0.05) is 64.1 Å². The van der Waals surface area contributed by atoms with E-state index in [2.05, 4.69) is 50.0 Å². The summed E-state index contributed by atoms with van der Waals surface area (Å²) < 4.78 is 6.22. The Balaban J connectivity index is 1.45. The first-order valence-electron chi connectivity index (χ1n) is 16.3. The van der Waals surface area contributed by atoms with Gasteiger partial charge in [-0.2, -0.15) is 0 Å². The van der Waals surface area contributed by atoms with Crippen molar-refractivity contribution in [1.82, 2.24) is 4.90 Å². The fraction of sp³-hybridized carbons (Fsp3) is 0.375. The van der Waals surface area contributed by atoms with E-state index in [9.17, 15) is 14.4 Å². The zero-order valence-electron chi connectivity index (χ0n) is 28.1. The largest absolute Gasteiger partial charge is 0.483 e. The maximum absolute atomic E-state index is 14.3. The second-order valence-corrected chi connectivity index (χ2v) is 15.4. The molecule has 0 bridgehead atoms. The molecule has 0 unspecified atom stereocenters. The Morgan fingerprint density at radius 3 is 2.04 bits per heavy atom. The number of ether oxygens (including phenoxy) is 1. The summed E-state index contributed by atoms with van der Waals surface area (Å²) in [6, 6.07) is 21.2. The lowest BCUT2D eigenvalue weighted by molar-refractivity contribution is -0.120. The number of benzene rings is 3. The summed E-state index contributed by atoms with van der Waals surface area (Å²) >= 11 is 6.64. The summed E-state index contributed by atoms with van der Waals surface area (Å²) in [7, 11) is 0. The predicted octanol–water partition coefficient (Wildman–Crippen LogP) is 8.86. The highest BCUT2D eigenvalue weighted by molar-refractivity contribution is 6.30. The molecular formula is C40H43ClN2O4. The summed E-state index contributed by atoms with van der Waals surface area (Å²) in [5.74, 6) is -0.461. The zero-order chi connectivity index (χ0) is 33.7. The van der Waals surface area contributed by atoms with Gasteiger partial charge in [0.1, 0.15) is 5.75 Å². The van der Waals surface area contributed by atoms with Crippen molar-refractivity contribution in [1.29, 1.82) is 0 Å². The lowest BCUT2D eigenvalue weighted by Crippen LogP contribution is -2.44. The van der Waals surface area contributed by atoms with Gasteiger partial charge in [0.25, 0.3) is 5.91 Å². The first-order chi connectivity index (χ1) is 22.2. The van der Waals surface area contributed by atoms with Crippen LogP contribution in [-0.4, -0.2) is 29.0 Å². The Kier molecular flexibility index (Phi) is 8.69. The summed E-state index contributed by atoms with van der Waals surface area (Å²) in [5, 5.41) is 3.39. The number of carbonyl (C=O) groups is 3. The van der Waals surface area contributed by atoms with Crippen molar-refractivity contribution in [3.63, 3.8) is 0 Å². The maximum Gasteiger partial charge on any atom is 0.262 e. The van der Waals surface area contributed by atoms with Gasteiger partial charge in [-0.05, 0) is 84.5 Å². The molecule has 0 spiro atoms. The fourth-order valence-electron chi connectivity index (χ4n) is 7.35. The second-order valence-electron chi connectivity index (χ2n) is 14.9. The molecule has 1 amide bonds. The molecule has 0 atom stereocenters. The number of nitrogens with zero attached hydrogens (tertiary/aromatic N) is 1. The number of rotatable bonds is 7. The summed E-state index contributed by atoms with van der Waals surface area (Å²) in [5.41, 5.74) is 7.36. The van der Waals surface area contributed by atoms with Gasteiger partial charge in [-0.25, -0.2) is 0 Å². The van der Waals surface area contributed by atoms with Crippen LogP contribution >= 0.6 is 11.6 Å². The Labute approximate surface area is 282 Å². The SMILES string of the molecule is Cc1ccc(NC(=O)COc2ccc(Cl)cc2C2C3=C(CC(C)(C)CC3=O)N(Cc3ccccc3)C3=C2C(=O)CC(C)(C)C3)cc1C. The summed E-state index contributed by atoms with van der Waals surface area (Å²) in [4.78, 5) is 43.9. The van der Waals surface area contributed by atoms with E-state index in [-0.39, 0.29) is 34.9 Å². The van der Waals surface area contributed by atoms with Crippen LogP contribution in [0, 0.1) is 24.7 Å². The summed E-state index contributed by atoms with van der Waals surface area (Å²) in [6.07, 6.45) is 2.13. The van der Waals surface area contributed by atoms with E-state index in [1.807, 2.05) is 50.2 Å². The Bertz CT molecular complexity index is 1780. The summed E-state index contributed by atoms with van der Waals surface area (Å²) in [6.45, 7) is 12.9. The molecule has 0 aromatic heterocycles. The second kappa shape index (κ2) is 12.5. The van der Waals surface area contributed by atoms with Crippen LogP contribution in [0.25, 0.3) is 0 Å². The van der Waals surface area contributed by atoms with E-state index in [1.54, 1.807) is 18.2 Å². The van der Waals surface area contributed by atoms with Crippen LogP contribution < -0.4 is 10.1 Å². The molecule has 0 radical (unpaired) electrons. The highest BCUT2D eigenvalue weighted by Gasteiger charge is 2.49. The van der Waals surface area contributed by atoms with Crippen molar-refractivity contribution in [3.05, 3.63) is 117 Å². The van der Waals surface area contributed by atoms with Crippen LogP contribution in [0.3, 0.4) is 0 Å². The van der Waals surface area contributed by atoms with Crippen molar-refractivity contribution >= 4 is 34.8 Å². The van der Waals surface area contributed by atoms with Gasteiger partial charge in [-0.3, -0.25) is 14.4 Å². The van der Waals surface area contributed by atoms with Crippen molar-refractivity contribution < 1.29 is 19.1 Å². The average Bonchev–Trinajstić information content (AvgIpc) is 2.98. The Hall–Kier alpha value is -4.16. The van der Waals surface area contributed by atoms with E-state index in [4.69, 9.17) is 16.3 Å². The molecule has 6 nitrogen and oxygen atoms in total. The minimum Gasteiger partial charge on any atom is -0.483 e. The highest BCUT2D eigenvalue weighted by atomic mass is 35.5. The molecule has 3 aromatic carbocycles. The Morgan fingerprint density at radius 2 is 1.45 bits per heavy atom. The first kappa shape index (κ1) is 32.8. The molecule has 3 aliphatic rings. The molecular weight excluding hydrogens is 608 g/mol. The minimum atomic E-state index is -0.643. The standard InChI is InChI=1S/C40H43ClN2O4/c1-24-12-14-28(16-25(24)2)42-35(46)23-47-34-15-13-27(41)17-29(34)36-37-30(18-39(3,4)20-32(37)44)43(22-26-10-8-7-9-11-26)31-19-40(5,6)21-33(45)38(31)36/h7-17,36H,18-23H2,1-6H3,(H,42,46). The third-order valence-corrected chi connectivity index (χ3v) is 9.87. The molecule has 2 aliphatic carbocycles. The number of ketones is 2. The number of amides is 1. The smallest absolute Gasteiger partial charge is 0.262 e. The third-order valence-electron chi connectivity index (χ3n) is 9.64. The lowest BCUT2D eigenvalue weighted by atomic mass is 9.63. The number of hydrogen-bond donors (Lipinski definition) is 1. The number of anilines is 1. The maximum atomic E-state index is 14.3. The van der Waals surface area contributed by atoms with Gasteiger partial charge >= 0.3 is 0 Å². The average molecular weight is 651 g/mol. The number of halogens is 1. The van der Waals surface area contributed by atoms with Crippen molar-refractivity contribution in [3.8, 4) is 5.75 Å². The van der Waals surface area contributed by atoms with Crippen LogP contribution in [0.1, 0.15) is 81.5 Å². The molecule has 1 heterocycles. The number of hydrogen-bond acceptors (Lipinski definition) is 5. The fourth-order valence-corrected chi connectivity index (χ4v) is 7.53. The van der Waals surface area contributed by atoms with Crippen LogP contribution in [-0.2, 0) is 20.9 Å². The number of allylic oxidation sites excluding steroid dienone is 4. The lowest BCUT2D eigenvalue weighted by Gasteiger charge is -2.49. The Morgan fingerprint density at radius 1 is 0.830 bits per heavy atom. The number of nitrogens with one attached hydrogen (secondary N) is 1. The molecule has 0 saturated carbocycles. The van der Waals surface area contributed by atoms with Crippen LogP contribution in [0.2, 0.25) is 5.02 Å². The van der Waals surface area contributed by atoms with Crippen molar-refractivity contribution in [2.45, 2.75) is 79.7 Å². The van der Waals surface area contributed by atoms with Crippen LogP contribution in [0.5, 0.6) is 5.75 Å². The van der Waals surface area contributed by atoms with E-state index in [1.165, 1.54) is 0 Å². The number of carbonyl (C=O) groups excluding carboxylic acids is 3. The quantitative estimate of drug-likeness (QED) is 0.276. The highest BCUT2D eigenvalue weighted by Crippen LogP contribution is 2.56. The topological polar surface area (TPSA) is 75.7 Å². The van der Waals surface area contributed by atoms with Crippen LogP contribution in [0.4, 0.5) is 5.69 Å². The molecule has 0 saturated heterocycles. The number of Topliss-reactive ketones (excluding diaryl/α,β-unsaturated/α-hetero) is 2. The van der Waals surface area contributed by atoms with Crippen molar-refractivity contribution in [2.75, 3.05) is 11.9 Å². The molecule has 47 heavy (non-hydrogen) atoms. The first-order valence-corrected chi connectivity index (χ1v) is 16.7. The molecule has 0 fully saturated rings.